The lowest BCUT2D eigenvalue weighted by molar-refractivity contribution is 0.0528. The Morgan fingerprint density at radius 1 is 1.24 bits per heavy atom. The Morgan fingerprint density at radius 2 is 2.07 bits per heavy atom. The summed E-state index contributed by atoms with van der Waals surface area (Å²) in [7, 11) is 0. The molecule has 0 aliphatic heterocycles. The van der Waals surface area contributed by atoms with Gasteiger partial charge in [0.1, 0.15) is 21.2 Å². The van der Waals surface area contributed by atoms with Gasteiger partial charge in [-0.3, -0.25) is 4.90 Å². The summed E-state index contributed by atoms with van der Waals surface area (Å²) in [6, 6.07) is 7.58. The first kappa shape index (κ1) is 19.8. The number of rotatable bonds is 5. The number of fused-ring (bicyclic) bond motifs is 1. The maximum Gasteiger partial charge on any atom is 0.342 e. The Balaban J connectivity index is 1.95. The predicted octanol–water partition coefficient (Wildman–Crippen LogP) is 6.06. The number of ether oxygens (including phenoxy) is 1. The Kier molecular flexibility index (Phi) is 5.49. The van der Waals surface area contributed by atoms with Crippen molar-refractivity contribution in [1.82, 2.24) is 15.0 Å². The molecule has 0 aliphatic rings. The molecule has 6 nitrogen and oxygen atoms in total. The van der Waals surface area contributed by atoms with Crippen LogP contribution in [0.5, 0.6) is 0 Å². The van der Waals surface area contributed by atoms with Gasteiger partial charge in [-0.25, -0.2) is 19.7 Å². The van der Waals surface area contributed by atoms with Crippen molar-refractivity contribution >= 4 is 67.2 Å². The topological polar surface area (TPSA) is 68.2 Å². The number of thiophene rings is 2. The van der Waals surface area contributed by atoms with Crippen LogP contribution in [0, 0.1) is 13.8 Å². The first-order valence-corrected chi connectivity index (χ1v) is 10.9. The van der Waals surface area contributed by atoms with Crippen LogP contribution in [0.3, 0.4) is 0 Å². The van der Waals surface area contributed by atoms with Crippen molar-refractivity contribution < 1.29 is 9.53 Å². The van der Waals surface area contributed by atoms with E-state index >= 15 is 0 Å². The summed E-state index contributed by atoms with van der Waals surface area (Å²) in [5.41, 5.74) is 0.299. The lowest BCUT2D eigenvalue weighted by atomic mass is 10.2. The van der Waals surface area contributed by atoms with E-state index in [0.717, 1.165) is 20.0 Å². The second kappa shape index (κ2) is 8.06. The van der Waals surface area contributed by atoms with E-state index in [2.05, 4.69) is 9.97 Å². The minimum atomic E-state index is -0.481. The summed E-state index contributed by atoms with van der Waals surface area (Å²) in [6.07, 6.45) is 3.46. The van der Waals surface area contributed by atoms with Crippen LogP contribution < -0.4 is 4.90 Å². The fraction of sp³-hybridized carbons (Fsp3) is 0.200. The molecule has 4 rings (SSSR count). The lowest BCUT2D eigenvalue weighted by Gasteiger charge is -2.21. The second-order valence-electron chi connectivity index (χ2n) is 6.18. The molecule has 4 heterocycles. The molecule has 0 saturated heterocycles. The molecule has 0 N–H and O–H groups in total. The molecule has 4 aromatic rings. The summed E-state index contributed by atoms with van der Waals surface area (Å²) in [5.74, 6) is 0.524. The summed E-state index contributed by atoms with van der Waals surface area (Å²) in [5, 5.41) is 1.93. The Bertz CT molecular complexity index is 1190. The molecule has 0 aliphatic carbocycles. The van der Waals surface area contributed by atoms with Gasteiger partial charge in [-0.15, -0.1) is 22.7 Å². The van der Waals surface area contributed by atoms with Gasteiger partial charge in [0.2, 0.25) is 5.95 Å². The minimum absolute atomic E-state index is 0.254. The van der Waals surface area contributed by atoms with Gasteiger partial charge in [0.05, 0.1) is 11.6 Å². The average molecular weight is 445 g/mol. The molecule has 148 valence electrons. The Morgan fingerprint density at radius 3 is 2.79 bits per heavy atom. The number of hydrogen-bond acceptors (Lipinski definition) is 8. The molecule has 0 spiro atoms. The number of aromatic nitrogens is 3. The van der Waals surface area contributed by atoms with Gasteiger partial charge >= 0.3 is 5.97 Å². The zero-order chi connectivity index (χ0) is 20.5. The smallest absolute Gasteiger partial charge is 0.342 e. The van der Waals surface area contributed by atoms with Gasteiger partial charge in [0, 0.05) is 27.5 Å². The highest BCUT2D eigenvalue weighted by molar-refractivity contribution is 7.18. The van der Waals surface area contributed by atoms with Crippen molar-refractivity contribution in [1.29, 1.82) is 0 Å². The van der Waals surface area contributed by atoms with Gasteiger partial charge in [-0.1, -0.05) is 17.7 Å². The minimum Gasteiger partial charge on any atom is -0.462 e. The molecule has 0 unspecified atom stereocenters. The Hall–Kier alpha value is -2.55. The highest BCUT2D eigenvalue weighted by atomic mass is 35.5. The van der Waals surface area contributed by atoms with Crippen LogP contribution in [0.4, 0.5) is 16.8 Å². The molecule has 4 aromatic heterocycles. The number of hydrogen-bond donors (Lipinski definition) is 0. The van der Waals surface area contributed by atoms with E-state index < -0.39 is 5.97 Å². The van der Waals surface area contributed by atoms with Crippen molar-refractivity contribution in [2.45, 2.75) is 20.8 Å². The molecule has 0 amide bonds. The molecular formula is C20H17ClN4O2S2. The third-order valence-electron chi connectivity index (χ3n) is 4.14. The van der Waals surface area contributed by atoms with Crippen LogP contribution in [0.15, 0.2) is 36.7 Å². The van der Waals surface area contributed by atoms with Crippen molar-refractivity contribution in [3.05, 3.63) is 57.0 Å². The van der Waals surface area contributed by atoms with Crippen LogP contribution in [0.1, 0.15) is 27.0 Å². The molecular weight excluding hydrogens is 428 g/mol. The first-order chi connectivity index (χ1) is 14.0. The normalized spacial score (nSPS) is 11.0. The zero-order valence-corrected chi connectivity index (χ0v) is 18.4. The largest absolute Gasteiger partial charge is 0.462 e. The predicted molar refractivity (Wildman–Crippen MR) is 118 cm³/mol. The number of esters is 1. The number of carbonyl (C=O) groups is 1. The number of anilines is 3. The molecule has 0 fully saturated rings. The van der Waals surface area contributed by atoms with Crippen LogP contribution in [-0.2, 0) is 4.74 Å². The number of carbonyl (C=O) groups excluding carboxylic acids is 1. The summed E-state index contributed by atoms with van der Waals surface area (Å²) < 4.78 is 5.26. The number of aryl methyl sites for hydroxylation is 2. The van der Waals surface area contributed by atoms with E-state index in [-0.39, 0.29) is 6.61 Å². The van der Waals surface area contributed by atoms with Crippen LogP contribution in [0.25, 0.3) is 10.2 Å². The van der Waals surface area contributed by atoms with E-state index in [0.29, 0.717) is 27.4 Å². The number of nitrogens with zero attached hydrogens (tertiary/aromatic N) is 4. The summed E-state index contributed by atoms with van der Waals surface area (Å²) >= 11 is 9.45. The van der Waals surface area contributed by atoms with Crippen molar-refractivity contribution in [2.24, 2.45) is 0 Å². The van der Waals surface area contributed by atoms with E-state index in [9.17, 15) is 4.79 Å². The van der Waals surface area contributed by atoms with Gasteiger partial charge in [0.15, 0.2) is 0 Å². The summed E-state index contributed by atoms with van der Waals surface area (Å²) in [6.45, 7) is 5.91. The monoisotopic (exact) mass is 444 g/mol. The van der Waals surface area contributed by atoms with Crippen molar-refractivity contribution in [2.75, 3.05) is 11.5 Å². The van der Waals surface area contributed by atoms with E-state index in [1.54, 1.807) is 35.6 Å². The average Bonchev–Trinajstić information content (AvgIpc) is 3.21. The fourth-order valence-corrected chi connectivity index (χ4v) is 5.11. The Labute approximate surface area is 180 Å². The SMILES string of the molecule is CCOC(=O)c1c(N(c2ccccn2)c2ncc3cc(C)sc3n2)sc(C)c1Cl. The molecule has 9 heteroatoms. The van der Waals surface area contributed by atoms with Gasteiger partial charge < -0.3 is 4.74 Å². The molecule has 0 aromatic carbocycles. The number of halogens is 1. The first-order valence-electron chi connectivity index (χ1n) is 8.90. The summed E-state index contributed by atoms with van der Waals surface area (Å²) in [4.78, 5) is 31.0. The highest BCUT2D eigenvalue weighted by Gasteiger charge is 2.29. The van der Waals surface area contributed by atoms with Crippen LogP contribution in [-0.4, -0.2) is 27.5 Å². The van der Waals surface area contributed by atoms with Crippen LogP contribution in [0.2, 0.25) is 5.02 Å². The second-order valence-corrected chi connectivity index (χ2v) is 9.00. The zero-order valence-electron chi connectivity index (χ0n) is 16.0. The third kappa shape index (κ3) is 3.71. The van der Waals surface area contributed by atoms with Crippen LogP contribution >= 0.6 is 34.3 Å². The quantitative estimate of drug-likeness (QED) is 0.348. The van der Waals surface area contributed by atoms with Gasteiger partial charge in [-0.05, 0) is 39.0 Å². The maximum atomic E-state index is 12.7. The molecule has 0 atom stereocenters. The molecule has 0 bridgehead atoms. The van der Waals surface area contributed by atoms with Crippen molar-refractivity contribution in [3.63, 3.8) is 0 Å². The fourth-order valence-electron chi connectivity index (χ4n) is 2.89. The molecule has 0 saturated carbocycles. The molecule has 29 heavy (non-hydrogen) atoms. The third-order valence-corrected chi connectivity index (χ3v) is 6.77. The van der Waals surface area contributed by atoms with Gasteiger partial charge in [0.25, 0.3) is 0 Å². The lowest BCUT2D eigenvalue weighted by Crippen LogP contribution is -2.17. The number of pyridine rings is 1. The standard InChI is InChI=1S/C20H17ClN4O2S2/c1-4-27-19(26)15-16(21)12(3)29-18(15)25(14-7-5-6-8-22-14)20-23-10-13-9-11(2)28-17(13)24-20/h5-10H,4H2,1-3H3. The van der Waals surface area contributed by atoms with E-state index in [4.69, 9.17) is 21.3 Å². The van der Waals surface area contributed by atoms with Gasteiger partial charge in [-0.2, -0.15) is 0 Å². The molecule has 0 radical (unpaired) electrons. The van der Waals surface area contributed by atoms with Crippen molar-refractivity contribution in [3.8, 4) is 0 Å². The van der Waals surface area contributed by atoms with E-state index in [1.807, 2.05) is 38.1 Å². The highest BCUT2D eigenvalue weighted by Crippen LogP contribution is 2.44. The maximum absolute atomic E-state index is 12.7. The van der Waals surface area contributed by atoms with E-state index in [1.165, 1.54) is 11.3 Å².